The number of rotatable bonds is 4. The van der Waals surface area contributed by atoms with Crippen LogP contribution in [0.5, 0.6) is 5.75 Å². The fraction of sp³-hybridized carbons (Fsp3) is 0.364. The van der Waals surface area contributed by atoms with Gasteiger partial charge in [0, 0.05) is 0 Å². The molecule has 0 heterocycles. The molecule has 14 heavy (non-hydrogen) atoms. The molecule has 0 aromatic heterocycles. The second-order valence-electron chi connectivity index (χ2n) is 3.13. The molecule has 0 radical (unpaired) electrons. The average Bonchev–Trinajstić information content (AvgIpc) is 2.16. The van der Waals surface area contributed by atoms with Gasteiger partial charge in [0.05, 0.1) is 0 Å². The van der Waals surface area contributed by atoms with Crippen LogP contribution >= 0.6 is 0 Å². The molecule has 0 bridgehead atoms. The summed E-state index contributed by atoms with van der Waals surface area (Å²) < 4.78 is 4.88. The van der Waals surface area contributed by atoms with Crippen LogP contribution in [0.3, 0.4) is 0 Å². The summed E-state index contributed by atoms with van der Waals surface area (Å²) in [5, 5.41) is 0. The lowest BCUT2D eigenvalue weighted by Gasteiger charge is -2.07. The van der Waals surface area contributed by atoms with Crippen molar-refractivity contribution in [2.45, 2.75) is 26.2 Å². The number of unbranched alkanes of at least 4 members (excludes halogenated alkanes) is 1. The SMILES string of the molecule is CCCCc1ccccc1OC(N)=O. The average molecular weight is 193 g/mol. The number of nitrogens with two attached hydrogens (primary N) is 1. The van der Waals surface area contributed by atoms with Crippen LogP contribution in [0.4, 0.5) is 4.79 Å². The van der Waals surface area contributed by atoms with Crippen molar-refractivity contribution in [1.82, 2.24) is 0 Å². The van der Waals surface area contributed by atoms with Crippen molar-refractivity contribution in [3.05, 3.63) is 29.8 Å². The molecular formula is C11H15NO2. The molecule has 0 saturated heterocycles. The summed E-state index contributed by atoms with van der Waals surface area (Å²) >= 11 is 0. The van der Waals surface area contributed by atoms with Gasteiger partial charge in [0.2, 0.25) is 0 Å². The van der Waals surface area contributed by atoms with Gasteiger partial charge in [-0.1, -0.05) is 31.5 Å². The lowest BCUT2D eigenvalue weighted by Crippen LogP contribution is -2.17. The van der Waals surface area contributed by atoms with Crippen molar-refractivity contribution in [1.29, 1.82) is 0 Å². The number of ether oxygens (including phenoxy) is 1. The summed E-state index contributed by atoms with van der Waals surface area (Å²) in [6, 6.07) is 7.47. The van der Waals surface area contributed by atoms with Gasteiger partial charge in [-0.2, -0.15) is 0 Å². The van der Waals surface area contributed by atoms with Crippen LogP contribution in [0.1, 0.15) is 25.3 Å². The zero-order chi connectivity index (χ0) is 10.4. The molecule has 0 spiro atoms. The van der Waals surface area contributed by atoms with E-state index in [0.717, 1.165) is 24.8 Å². The lowest BCUT2D eigenvalue weighted by atomic mass is 10.1. The van der Waals surface area contributed by atoms with Gasteiger partial charge in [0.1, 0.15) is 5.75 Å². The number of amides is 1. The first-order valence-corrected chi connectivity index (χ1v) is 4.79. The van der Waals surface area contributed by atoms with Gasteiger partial charge in [-0.05, 0) is 24.5 Å². The molecule has 1 aromatic rings. The quantitative estimate of drug-likeness (QED) is 0.798. The fourth-order valence-corrected chi connectivity index (χ4v) is 1.29. The zero-order valence-electron chi connectivity index (χ0n) is 8.32. The highest BCUT2D eigenvalue weighted by molar-refractivity contribution is 5.68. The van der Waals surface area contributed by atoms with E-state index in [-0.39, 0.29) is 0 Å². The zero-order valence-corrected chi connectivity index (χ0v) is 8.32. The second-order valence-corrected chi connectivity index (χ2v) is 3.13. The van der Waals surface area contributed by atoms with E-state index in [1.165, 1.54) is 0 Å². The third-order valence-corrected chi connectivity index (χ3v) is 1.98. The lowest BCUT2D eigenvalue weighted by molar-refractivity contribution is 0.210. The van der Waals surface area contributed by atoms with E-state index in [1.807, 2.05) is 18.2 Å². The molecule has 3 nitrogen and oxygen atoms in total. The summed E-state index contributed by atoms with van der Waals surface area (Å²) in [5.74, 6) is 0.577. The third kappa shape index (κ3) is 3.09. The van der Waals surface area contributed by atoms with Gasteiger partial charge < -0.3 is 10.5 Å². The Kier molecular flexibility index (Phi) is 3.98. The summed E-state index contributed by atoms with van der Waals surface area (Å²) in [5.41, 5.74) is 6.00. The van der Waals surface area contributed by atoms with Gasteiger partial charge in [-0.25, -0.2) is 4.79 Å². The minimum Gasteiger partial charge on any atom is -0.410 e. The molecule has 0 atom stereocenters. The van der Waals surface area contributed by atoms with Crippen molar-refractivity contribution in [2.24, 2.45) is 5.73 Å². The highest BCUT2D eigenvalue weighted by Gasteiger charge is 2.04. The third-order valence-electron chi connectivity index (χ3n) is 1.98. The monoisotopic (exact) mass is 193 g/mol. The Hall–Kier alpha value is -1.51. The van der Waals surface area contributed by atoms with Gasteiger partial charge in [-0.3, -0.25) is 0 Å². The topological polar surface area (TPSA) is 52.3 Å². The maximum absolute atomic E-state index is 10.6. The van der Waals surface area contributed by atoms with Crippen molar-refractivity contribution in [3.8, 4) is 5.75 Å². The second kappa shape index (κ2) is 5.27. The molecule has 0 saturated carbocycles. The Morgan fingerprint density at radius 3 is 2.79 bits per heavy atom. The summed E-state index contributed by atoms with van der Waals surface area (Å²) in [6.07, 6.45) is 2.36. The highest BCUT2D eigenvalue weighted by Crippen LogP contribution is 2.19. The molecule has 1 rings (SSSR count). The minimum atomic E-state index is -0.756. The Labute approximate surface area is 83.9 Å². The largest absolute Gasteiger partial charge is 0.410 e. The molecule has 2 N–H and O–H groups in total. The maximum atomic E-state index is 10.6. The van der Waals surface area contributed by atoms with Crippen LogP contribution in [0.25, 0.3) is 0 Å². The number of hydrogen-bond acceptors (Lipinski definition) is 2. The molecule has 0 aliphatic heterocycles. The van der Waals surface area contributed by atoms with Crippen LogP contribution in [0.2, 0.25) is 0 Å². The number of benzene rings is 1. The van der Waals surface area contributed by atoms with Crippen LogP contribution in [0, 0.1) is 0 Å². The Morgan fingerprint density at radius 1 is 1.43 bits per heavy atom. The van der Waals surface area contributed by atoms with Gasteiger partial charge in [0.25, 0.3) is 0 Å². The van der Waals surface area contributed by atoms with Crippen molar-refractivity contribution in [3.63, 3.8) is 0 Å². The van der Waals surface area contributed by atoms with Gasteiger partial charge >= 0.3 is 6.09 Å². The highest BCUT2D eigenvalue weighted by atomic mass is 16.5. The number of carbonyl (C=O) groups excluding carboxylic acids is 1. The first-order valence-electron chi connectivity index (χ1n) is 4.79. The van der Waals surface area contributed by atoms with Crippen molar-refractivity contribution >= 4 is 6.09 Å². The predicted molar refractivity (Wildman–Crippen MR) is 55.3 cm³/mol. The van der Waals surface area contributed by atoms with Gasteiger partial charge in [-0.15, -0.1) is 0 Å². The van der Waals surface area contributed by atoms with E-state index in [1.54, 1.807) is 6.07 Å². The Bertz CT molecular complexity index is 310. The fourth-order valence-electron chi connectivity index (χ4n) is 1.29. The number of primary amides is 1. The van der Waals surface area contributed by atoms with E-state index in [0.29, 0.717) is 5.75 Å². The number of aryl methyl sites for hydroxylation is 1. The molecule has 76 valence electrons. The summed E-state index contributed by atoms with van der Waals surface area (Å²) in [4.78, 5) is 10.6. The van der Waals surface area contributed by atoms with Crippen LogP contribution in [-0.4, -0.2) is 6.09 Å². The molecule has 1 aromatic carbocycles. The smallest absolute Gasteiger partial charge is 0.409 e. The molecule has 0 unspecified atom stereocenters. The number of para-hydroxylation sites is 1. The standard InChI is InChI=1S/C11H15NO2/c1-2-3-6-9-7-4-5-8-10(9)14-11(12)13/h4-5,7-8H,2-3,6H2,1H3,(H2,12,13). The molecule has 0 aliphatic rings. The van der Waals surface area contributed by atoms with E-state index >= 15 is 0 Å². The normalized spacial score (nSPS) is 9.79. The predicted octanol–water partition coefficient (Wildman–Crippen LogP) is 2.49. The Balaban J connectivity index is 2.74. The van der Waals surface area contributed by atoms with Crippen molar-refractivity contribution in [2.75, 3.05) is 0 Å². The first-order chi connectivity index (χ1) is 6.74. The first kappa shape index (κ1) is 10.6. The maximum Gasteiger partial charge on any atom is 0.409 e. The minimum absolute atomic E-state index is 0.577. The van der Waals surface area contributed by atoms with E-state index in [9.17, 15) is 4.79 Å². The van der Waals surface area contributed by atoms with Crippen molar-refractivity contribution < 1.29 is 9.53 Å². The van der Waals surface area contributed by atoms with Crippen LogP contribution in [-0.2, 0) is 6.42 Å². The van der Waals surface area contributed by atoms with Crippen LogP contribution in [0.15, 0.2) is 24.3 Å². The van der Waals surface area contributed by atoms with Gasteiger partial charge in [0.15, 0.2) is 0 Å². The molecule has 3 heteroatoms. The molecule has 0 fully saturated rings. The molecular weight excluding hydrogens is 178 g/mol. The Morgan fingerprint density at radius 2 is 2.14 bits per heavy atom. The molecule has 1 amide bonds. The summed E-state index contributed by atoms with van der Waals surface area (Å²) in [7, 11) is 0. The van der Waals surface area contributed by atoms with E-state index in [4.69, 9.17) is 10.5 Å². The number of hydrogen-bond donors (Lipinski definition) is 1. The molecule has 0 aliphatic carbocycles. The van der Waals surface area contributed by atoms with Crippen LogP contribution < -0.4 is 10.5 Å². The van der Waals surface area contributed by atoms with E-state index in [2.05, 4.69) is 6.92 Å². The summed E-state index contributed by atoms with van der Waals surface area (Å²) in [6.45, 7) is 2.12. The van der Waals surface area contributed by atoms with E-state index < -0.39 is 6.09 Å². The number of carbonyl (C=O) groups is 1.